The van der Waals surface area contributed by atoms with Crippen LogP contribution >= 0.6 is 34.9 Å². The van der Waals surface area contributed by atoms with Gasteiger partial charge in [0, 0.05) is 45.0 Å². The first-order valence-electron chi connectivity index (χ1n) is 15.5. The van der Waals surface area contributed by atoms with Gasteiger partial charge in [0.15, 0.2) is 15.8 Å². The Labute approximate surface area is 312 Å². The second-order valence-electron chi connectivity index (χ2n) is 11.3. The maximum Gasteiger partial charge on any atom is 0.352 e. The average Bonchev–Trinajstić information content (AvgIpc) is 3.64. The number of nitrogens with zero attached hydrogens (tertiary/aromatic N) is 5. The van der Waals surface area contributed by atoms with E-state index in [-0.39, 0.29) is 60.3 Å². The summed E-state index contributed by atoms with van der Waals surface area (Å²) in [6.45, 7) is 3.78. The Kier molecular flexibility index (Phi) is 11.7. The summed E-state index contributed by atoms with van der Waals surface area (Å²) in [5, 5.41) is 23.7. The van der Waals surface area contributed by atoms with Gasteiger partial charge in [-0.2, -0.15) is 0 Å². The lowest BCUT2D eigenvalue weighted by molar-refractivity contribution is -0.163. The Morgan fingerprint density at radius 3 is 2.43 bits per heavy atom. The molecule has 2 fully saturated rings. The zero-order chi connectivity index (χ0) is 38.6. The highest BCUT2D eigenvalue weighted by atomic mass is 32.2. The van der Waals surface area contributed by atoms with E-state index in [0.29, 0.717) is 14.8 Å². The van der Waals surface area contributed by atoms with E-state index in [1.165, 1.54) is 39.6 Å². The van der Waals surface area contributed by atoms with E-state index in [1.807, 2.05) is 0 Å². The number of aliphatic carboxylic acids is 1. The number of likely N-dealkylation sites (N-methyl/N-ethyl adjacent to an activating group) is 1. The molecule has 4 heterocycles. The van der Waals surface area contributed by atoms with Crippen molar-refractivity contribution in [2.45, 2.75) is 42.2 Å². The number of amides is 7. The number of ether oxygens (including phenoxy) is 2. The van der Waals surface area contributed by atoms with Crippen LogP contribution in [0.15, 0.2) is 39.3 Å². The fourth-order valence-electron chi connectivity index (χ4n) is 5.60. The highest BCUT2D eigenvalue weighted by Crippen LogP contribution is 2.46. The second kappa shape index (κ2) is 16.0. The highest BCUT2D eigenvalue weighted by molar-refractivity contribution is 8.01. The molecule has 5 rings (SSSR count). The third-order valence-corrected chi connectivity index (χ3v) is 11.3. The number of carbonyl (C=O) groups is 9. The number of urea groups is 1. The molecule has 2 saturated heterocycles. The first-order valence-corrected chi connectivity index (χ1v) is 18.4. The fraction of sp³-hybridized carbons (Fsp3) is 0.367. The van der Waals surface area contributed by atoms with Gasteiger partial charge in [-0.25, -0.2) is 9.59 Å². The number of carboxylic acid groups (broad SMARTS) is 1. The van der Waals surface area contributed by atoms with Gasteiger partial charge in [0.05, 0.1) is 0 Å². The number of benzene rings is 1. The molecule has 3 atom stereocenters. The van der Waals surface area contributed by atoms with Crippen molar-refractivity contribution in [2.24, 2.45) is 0 Å². The summed E-state index contributed by atoms with van der Waals surface area (Å²) in [5.74, 6) is -7.69. The third kappa shape index (κ3) is 7.80. The van der Waals surface area contributed by atoms with Crippen LogP contribution in [0.4, 0.5) is 4.79 Å². The van der Waals surface area contributed by atoms with E-state index in [1.54, 1.807) is 6.92 Å². The minimum atomic E-state index is -2.22. The van der Waals surface area contributed by atoms with E-state index in [2.05, 4.69) is 26.1 Å². The van der Waals surface area contributed by atoms with Crippen LogP contribution in [0.1, 0.15) is 32.4 Å². The molecule has 0 radical (unpaired) electrons. The molecule has 20 nitrogen and oxygen atoms in total. The van der Waals surface area contributed by atoms with E-state index in [9.17, 15) is 48.3 Å². The fourth-order valence-corrected chi connectivity index (χ4v) is 8.65. The SMILES string of the molecule is CCN1CCN(C(=O)NC(C(=O)N[C@]2(NC=O)C(=O)N3C(C(=O)O)=C(CSc4nncs4)CS[C@@H]32)c2ccc(OC(C)=O)c(OC(C)=O)c2)C(=O)C1=O. The van der Waals surface area contributed by atoms with Gasteiger partial charge in [-0.15, -0.1) is 22.0 Å². The summed E-state index contributed by atoms with van der Waals surface area (Å²) >= 11 is 3.51. The van der Waals surface area contributed by atoms with Crippen LogP contribution in [0.25, 0.3) is 0 Å². The molecule has 1 unspecified atom stereocenters. The Bertz CT molecular complexity index is 1920. The summed E-state index contributed by atoms with van der Waals surface area (Å²) in [4.78, 5) is 118. The molecule has 1 aromatic heterocycles. The van der Waals surface area contributed by atoms with E-state index in [0.717, 1.165) is 42.6 Å². The topological polar surface area (TPSA) is 264 Å². The van der Waals surface area contributed by atoms with E-state index >= 15 is 0 Å². The number of carboxylic acids is 1. The predicted octanol–water partition coefficient (Wildman–Crippen LogP) is -0.565. The number of hydrogen-bond acceptors (Lipinski definition) is 16. The normalized spacial score (nSPS) is 20.2. The molecule has 23 heteroatoms. The lowest BCUT2D eigenvalue weighted by atomic mass is 9.94. The number of fused-ring (bicyclic) bond motifs is 1. The average molecular weight is 791 g/mol. The molecular formula is C30H30N8O12S3. The standard InChI is InChI=1S/C30H30N8O12S3/c1-4-36-7-8-37(24(44)23(36)43)28(48)33-20(16-5-6-18(49-14(2)40)19(9-16)50-15(3)41)22(42)34-30(31-12-39)26(47)38-21(25(45)46)17(10-51-27(30)38)11-52-29-35-32-13-53-29/h5-6,9,12-13,20,27H,4,7-8,10-11H2,1-3H3,(H,31,39)(H,33,48)(H,34,42)(H,45,46)/t20?,27-,30-/m1/s1. The number of hydrogen-bond donors (Lipinski definition) is 4. The van der Waals surface area contributed by atoms with Crippen molar-refractivity contribution in [2.75, 3.05) is 31.1 Å². The molecule has 0 bridgehead atoms. The van der Waals surface area contributed by atoms with Gasteiger partial charge in [-0.3, -0.25) is 43.4 Å². The largest absolute Gasteiger partial charge is 0.477 e. The smallest absolute Gasteiger partial charge is 0.352 e. The summed E-state index contributed by atoms with van der Waals surface area (Å²) < 4.78 is 10.8. The molecule has 53 heavy (non-hydrogen) atoms. The third-order valence-electron chi connectivity index (χ3n) is 7.95. The second-order valence-corrected chi connectivity index (χ2v) is 14.4. The van der Waals surface area contributed by atoms with Gasteiger partial charge in [0.1, 0.15) is 22.6 Å². The number of esters is 2. The molecule has 2 aromatic rings. The van der Waals surface area contributed by atoms with Crippen molar-refractivity contribution in [3.05, 3.63) is 40.5 Å². The van der Waals surface area contributed by atoms with Crippen LogP contribution in [0.3, 0.4) is 0 Å². The van der Waals surface area contributed by atoms with Crippen molar-refractivity contribution < 1.29 is 57.7 Å². The van der Waals surface area contributed by atoms with Crippen LogP contribution in [0.5, 0.6) is 11.5 Å². The minimum Gasteiger partial charge on any atom is -0.477 e. The van der Waals surface area contributed by atoms with Crippen LogP contribution in [0.2, 0.25) is 0 Å². The zero-order valence-corrected chi connectivity index (χ0v) is 30.4. The lowest BCUT2D eigenvalue weighted by Gasteiger charge is -2.56. The number of piperazine rings is 1. The van der Waals surface area contributed by atoms with E-state index in [4.69, 9.17) is 9.47 Å². The van der Waals surface area contributed by atoms with Gasteiger partial charge in [0.25, 0.3) is 5.91 Å². The quantitative estimate of drug-likeness (QED) is 0.0377. The Hall–Kier alpha value is -5.55. The van der Waals surface area contributed by atoms with Gasteiger partial charge in [-0.1, -0.05) is 29.2 Å². The van der Waals surface area contributed by atoms with Crippen molar-refractivity contribution in [1.29, 1.82) is 0 Å². The van der Waals surface area contributed by atoms with Gasteiger partial charge in [0.2, 0.25) is 18.0 Å². The summed E-state index contributed by atoms with van der Waals surface area (Å²) in [5.41, 5.74) is -0.819. The number of β-lactam (4-membered cyclic amide) rings is 1. The molecule has 7 amide bonds. The van der Waals surface area contributed by atoms with Crippen LogP contribution in [-0.2, 0) is 38.4 Å². The number of thioether (sulfide) groups is 2. The van der Waals surface area contributed by atoms with Gasteiger partial charge >= 0.3 is 35.8 Å². The van der Waals surface area contributed by atoms with Crippen LogP contribution in [0, 0.1) is 0 Å². The maximum absolute atomic E-state index is 14.2. The molecule has 0 aliphatic carbocycles. The Morgan fingerprint density at radius 1 is 1.09 bits per heavy atom. The van der Waals surface area contributed by atoms with Gasteiger partial charge < -0.3 is 35.4 Å². The first-order chi connectivity index (χ1) is 25.2. The first kappa shape index (κ1) is 38.7. The Morgan fingerprint density at radius 2 is 1.81 bits per heavy atom. The van der Waals surface area contributed by atoms with Crippen molar-refractivity contribution in [3.63, 3.8) is 0 Å². The molecule has 280 valence electrons. The molecule has 3 aliphatic heterocycles. The van der Waals surface area contributed by atoms with E-state index < -0.39 is 64.6 Å². The minimum absolute atomic E-state index is 0.00922. The molecular weight excluding hydrogens is 761 g/mol. The monoisotopic (exact) mass is 790 g/mol. The summed E-state index contributed by atoms with van der Waals surface area (Å²) in [7, 11) is 0. The number of aromatic nitrogens is 2. The molecule has 0 spiro atoms. The maximum atomic E-state index is 14.2. The summed E-state index contributed by atoms with van der Waals surface area (Å²) in [6.07, 6.45) is 0.138. The van der Waals surface area contributed by atoms with Crippen molar-refractivity contribution >= 4 is 88.8 Å². The number of imide groups is 1. The molecule has 1 aromatic carbocycles. The van der Waals surface area contributed by atoms with Crippen LogP contribution in [-0.4, -0.2) is 126 Å². The number of carbonyl (C=O) groups excluding carboxylic acids is 8. The predicted molar refractivity (Wildman–Crippen MR) is 183 cm³/mol. The lowest BCUT2D eigenvalue weighted by Crippen LogP contribution is -2.85. The van der Waals surface area contributed by atoms with Crippen molar-refractivity contribution in [3.8, 4) is 11.5 Å². The molecule has 4 N–H and O–H groups in total. The number of nitrogens with one attached hydrogen (secondary N) is 3. The Balaban J connectivity index is 1.49. The number of rotatable bonds is 13. The van der Waals surface area contributed by atoms with Crippen molar-refractivity contribution in [1.82, 2.24) is 40.8 Å². The van der Waals surface area contributed by atoms with Gasteiger partial charge in [-0.05, 0) is 30.2 Å². The zero-order valence-electron chi connectivity index (χ0n) is 28.0. The summed E-state index contributed by atoms with van der Waals surface area (Å²) in [6, 6.07) is 0.452. The van der Waals surface area contributed by atoms with Crippen LogP contribution < -0.4 is 25.4 Å². The molecule has 0 saturated carbocycles. The molecule has 3 aliphatic rings. The highest BCUT2D eigenvalue weighted by Gasteiger charge is 2.66.